The Morgan fingerprint density at radius 3 is 1.89 bits per heavy atom. The SMILES string of the molecule is CC/C=C\C/C=C\C/C=C\CCCCCCCC(=O)OC(COC(=O)CCCCCCCC)COP(=O)([O-])OCC[N+](C)(C)C. The van der Waals surface area contributed by atoms with Gasteiger partial charge in [-0.05, 0) is 44.9 Å². The molecule has 0 N–H and O–H groups in total. The van der Waals surface area contributed by atoms with E-state index in [1.807, 2.05) is 21.1 Å². The Morgan fingerprint density at radius 1 is 0.711 bits per heavy atom. The van der Waals surface area contributed by atoms with Gasteiger partial charge in [0.15, 0.2) is 6.10 Å². The van der Waals surface area contributed by atoms with Crippen LogP contribution in [0.15, 0.2) is 36.5 Å². The van der Waals surface area contributed by atoms with Gasteiger partial charge in [0.25, 0.3) is 7.82 Å². The summed E-state index contributed by atoms with van der Waals surface area (Å²) in [6, 6.07) is 0. The fraction of sp³-hybridized carbons (Fsp3) is 0.771. The number of hydrogen-bond donors (Lipinski definition) is 0. The lowest BCUT2D eigenvalue weighted by atomic mass is 10.1. The molecule has 0 saturated carbocycles. The van der Waals surface area contributed by atoms with Gasteiger partial charge in [-0.3, -0.25) is 14.2 Å². The molecule has 0 saturated heterocycles. The van der Waals surface area contributed by atoms with E-state index in [0.717, 1.165) is 83.5 Å². The first-order valence-corrected chi connectivity index (χ1v) is 18.7. The number of phosphoric ester groups is 1. The smallest absolute Gasteiger partial charge is 0.306 e. The van der Waals surface area contributed by atoms with Crippen LogP contribution in [0, 0.1) is 0 Å². The number of unbranched alkanes of at least 4 members (excludes halogenated alkanes) is 10. The minimum absolute atomic E-state index is 0.0349. The van der Waals surface area contributed by atoms with Crippen LogP contribution in [0.4, 0.5) is 0 Å². The average molecular weight is 658 g/mol. The van der Waals surface area contributed by atoms with Crippen molar-refractivity contribution in [1.29, 1.82) is 0 Å². The summed E-state index contributed by atoms with van der Waals surface area (Å²) in [4.78, 5) is 37.0. The van der Waals surface area contributed by atoms with E-state index in [1.54, 1.807) is 0 Å². The highest BCUT2D eigenvalue weighted by Crippen LogP contribution is 2.38. The van der Waals surface area contributed by atoms with E-state index in [-0.39, 0.29) is 26.1 Å². The number of carbonyl (C=O) groups is 2. The van der Waals surface area contributed by atoms with Gasteiger partial charge in [-0.25, -0.2) is 0 Å². The van der Waals surface area contributed by atoms with Crippen LogP contribution >= 0.6 is 7.82 Å². The van der Waals surface area contributed by atoms with Crippen molar-refractivity contribution in [3.63, 3.8) is 0 Å². The number of allylic oxidation sites excluding steroid dienone is 6. The Kier molecular flexibility index (Phi) is 27.3. The molecule has 0 aliphatic heterocycles. The van der Waals surface area contributed by atoms with Crippen LogP contribution in [0.25, 0.3) is 0 Å². The third-order valence-corrected chi connectivity index (χ3v) is 7.89. The minimum atomic E-state index is -4.61. The lowest BCUT2D eigenvalue weighted by Gasteiger charge is -2.28. The highest BCUT2D eigenvalue weighted by molar-refractivity contribution is 7.45. The van der Waals surface area contributed by atoms with Crippen LogP contribution in [-0.2, 0) is 32.7 Å². The van der Waals surface area contributed by atoms with Gasteiger partial charge in [0.2, 0.25) is 0 Å². The zero-order chi connectivity index (χ0) is 33.7. The number of nitrogens with zero attached hydrogens (tertiary/aromatic N) is 1. The lowest BCUT2D eigenvalue weighted by molar-refractivity contribution is -0.870. The van der Waals surface area contributed by atoms with Crippen LogP contribution < -0.4 is 4.89 Å². The largest absolute Gasteiger partial charge is 0.756 e. The van der Waals surface area contributed by atoms with Crippen molar-refractivity contribution in [2.24, 2.45) is 0 Å². The van der Waals surface area contributed by atoms with Gasteiger partial charge >= 0.3 is 11.9 Å². The monoisotopic (exact) mass is 657 g/mol. The fourth-order valence-corrected chi connectivity index (χ4v) is 4.92. The molecular formula is C35H64NO8P. The Bertz CT molecular complexity index is 881. The predicted molar refractivity (Wildman–Crippen MR) is 181 cm³/mol. The van der Waals surface area contributed by atoms with Crippen LogP contribution in [-0.4, -0.2) is 70.0 Å². The first kappa shape index (κ1) is 43.2. The lowest BCUT2D eigenvalue weighted by Crippen LogP contribution is -2.37. The molecule has 0 fully saturated rings. The summed E-state index contributed by atoms with van der Waals surface area (Å²) in [5, 5.41) is 0. The molecule has 0 radical (unpaired) electrons. The predicted octanol–water partition coefficient (Wildman–Crippen LogP) is 7.99. The number of likely N-dealkylation sites (N-methyl/N-ethyl adjacent to an activating group) is 1. The third-order valence-electron chi connectivity index (χ3n) is 6.92. The molecule has 45 heavy (non-hydrogen) atoms. The van der Waals surface area contributed by atoms with Gasteiger partial charge in [-0.2, -0.15) is 0 Å². The summed E-state index contributed by atoms with van der Waals surface area (Å²) in [7, 11) is 1.14. The molecule has 2 atom stereocenters. The molecule has 9 nitrogen and oxygen atoms in total. The average Bonchev–Trinajstić information content (AvgIpc) is 2.97. The number of quaternary nitrogens is 1. The van der Waals surface area contributed by atoms with Crippen molar-refractivity contribution in [2.75, 3.05) is 47.5 Å². The summed E-state index contributed by atoms with van der Waals surface area (Å²) >= 11 is 0. The van der Waals surface area contributed by atoms with Crippen molar-refractivity contribution in [1.82, 2.24) is 0 Å². The maximum Gasteiger partial charge on any atom is 0.306 e. The summed E-state index contributed by atoms with van der Waals surface area (Å²) in [5.41, 5.74) is 0. The van der Waals surface area contributed by atoms with E-state index in [1.165, 1.54) is 6.42 Å². The second kappa shape index (κ2) is 28.5. The Balaban J connectivity index is 4.46. The molecule has 0 aromatic carbocycles. The van der Waals surface area contributed by atoms with E-state index in [4.69, 9.17) is 18.5 Å². The Morgan fingerprint density at radius 2 is 1.27 bits per heavy atom. The summed E-state index contributed by atoms with van der Waals surface area (Å²) in [6.07, 6.45) is 27.7. The van der Waals surface area contributed by atoms with E-state index in [9.17, 15) is 19.0 Å². The highest BCUT2D eigenvalue weighted by atomic mass is 31.2. The zero-order valence-corrected chi connectivity index (χ0v) is 29.9. The first-order valence-electron chi connectivity index (χ1n) is 17.2. The first-order chi connectivity index (χ1) is 21.5. The Labute approximate surface area is 274 Å². The highest BCUT2D eigenvalue weighted by Gasteiger charge is 2.21. The standard InChI is InChI=1S/C35H64NO8P/c1-6-8-10-12-14-15-16-17-18-19-20-21-22-24-26-28-35(38)44-33(31-41-34(37)27-25-23-13-11-9-7-2)32-43-45(39,40)42-30-29-36(3,4)5/h8,10,14-15,17-18,33H,6-7,9,11-13,16,19-32H2,1-5H3/b10-8-,15-14-,18-17-. The summed E-state index contributed by atoms with van der Waals surface area (Å²) < 4.78 is 33.5. The van der Waals surface area contributed by atoms with Crippen molar-refractivity contribution in [3.8, 4) is 0 Å². The second-order valence-electron chi connectivity index (χ2n) is 12.5. The van der Waals surface area contributed by atoms with Crippen molar-refractivity contribution >= 4 is 19.8 Å². The van der Waals surface area contributed by atoms with Gasteiger partial charge in [-0.15, -0.1) is 0 Å². The molecular weight excluding hydrogens is 593 g/mol. The normalized spacial score (nSPS) is 14.4. The maximum atomic E-state index is 12.5. The molecule has 0 aliphatic carbocycles. The molecule has 0 rings (SSSR count). The third kappa shape index (κ3) is 32.0. The van der Waals surface area contributed by atoms with Gasteiger partial charge in [-0.1, -0.05) is 102 Å². The second-order valence-corrected chi connectivity index (χ2v) is 13.9. The van der Waals surface area contributed by atoms with E-state index in [0.29, 0.717) is 17.4 Å². The molecule has 0 heterocycles. The van der Waals surface area contributed by atoms with Crippen molar-refractivity contribution in [3.05, 3.63) is 36.5 Å². The number of carbonyl (C=O) groups excluding carboxylic acids is 2. The van der Waals surface area contributed by atoms with Crippen LogP contribution in [0.1, 0.15) is 123 Å². The van der Waals surface area contributed by atoms with E-state index < -0.39 is 32.5 Å². The summed E-state index contributed by atoms with van der Waals surface area (Å²) in [5.74, 6) is -0.870. The van der Waals surface area contributed by atoms with Gasteiger partial charge < -0.3 is 27.9 Å². The number of rotatable bonds is 30. The molecule has 262 valence electrons. The molecule has 0 aromatic rings. The number of esters is 2. The molecule has 0 spiro atoms. The van der Waals surface area contributed by atoms with Crippen molar-refractivity contribution in [2.45, 2.75) is 129 Å². The molecule has 0 amide bonds. The maximum absolute atomic E-state index is 12.5. The van der Waals surface area contributed by atoms with E-state index in [2.05, 4.69) is 50.3 Å². The Hall–Kier alpha value is -1.77. The molecule has 0 aromatic heterocycles. The topological polar surface area (TPSA) is 111 Å². The number of phosphoric acid groups is 1. The van der Waals surface area contributed by atoms with Gasteiger partial charge in [0.1, 0.15) is 19.8 Å². The van der Waals surface area contributed by atoms with E-state index >= 15 is 0 Å². The van der Waals surface area contributed by atoms with Crippen LogP contribution in [0.3, 0.4) is 0 Å². The quantitative estimate of drug-likeness (QED) is 0.0251. The fourth-order valence-electron chi connectivity index (χ4n) is 4.20. The minimum Gasteiger partial charge on any atom is -0.756 e. The van der Waals surface area contributed by atoms with Crippen LogP contribution in [0.2, 0.25) is 0 Å². The molecule has 10 heteroatoms. The van der Waals surface area contributed by atoms with Gasteiger partial charge in [0.05, 0.1) is 27.7 Å². The molecule has 0 bridgehead atoms. The molecule has 2 unspecified atom stereocenters. The number of hydrogen-bond acceptors (Lipinski definition) is 8. The van der Waals surface area contributed by atoms with Gasteiger partial charge in [0, 0.05) is 12.8 Å². The molecule has 0 aliphatic rings. The zero-order valence-electron chi connectivity index (χ0n) is 29.1. The summed E-state index contributed by atoms with van der Waals surface area (Å²) in [6.45, 7) is 3.99. The number of ether oxygens (including phenoxy) is 2. The van der Waals surface area contributed by atoms with Crippen molar-refractivity contribution < 1.29 is 42.1 Å². The van der Waals surface area contributed by atoms with Crippen LogP contribution in [0.5, 0.6) is 0 Å².